The van der Waals surface area contributed by atoms with Crippen LogP contribution in [-0.2, 0) is 23.9 Å². The van der Waals surface area contributed by atoms with Crippen LogP contribution in [0.5, 0.6) is 0 Å². The van der Waals surface area contributed by atoms with Gasteiger partial charge < -0.3 is 19.9 Å². The maximum atomic E-state index is 11.8. The highest BCUT2D eigenvalue weighted by molar-refractivity contribution is 5.82. The van der Waals surface area contributed by atoms with Crippen molar-refractivity contribution in [1.29, 1.82) is 0 Å². The SMILES string of the molecule is CCCCCCCCCCCCCCCCCCCCCCC(=O)OCC(O)COC(=O)[C@@H](C)NC(C)=O. The molecule has 2 N–H and O–H groups in total. The molecular formula is C31H59NO6. The molecule has 0 saturated carbocycles. The summed E-state index contributed by atoms with van der Waals surface area (Å²) in [6.45, 7) is 4.59. The molecule has 7 nitrogen and oxygen atoms in total. The normalized spacial score (nSPS) is 12.6. The van der Waals surface area contributed by atoms with Crippen LogP contribution in [0.15, 0.2) is 0 Å². The monoisotopic (exact) mass is 541 g/mol. The molecule has 0 heterocycles. The van der Waals surface area contributed by atoms with E-state index < -0.39 is 18.1 Å². The number of ether oxygens (including phenoxy) is 2. The zero-order valence-electron chi connectivity index (χ0n) is 24.9. The number of hydrogen-bond donors (Lipinski definition) is 2. The second kappa shape index (κ2) is 27.0. The number of aliphatic hydroxyl groups excluding tert-OH is 1. The number of unbranched alkanes of at least 4 members (excludes halogenated alkanes) is 19. The Labute approximate surface area is 233 Å². The Kier molecular flexibility index (Phi) is 25.8. The van der Waals surface area contributed by atoms with Gasteiger partial charge in [-0.1, -0.05) is 129 Å². The van der Waals surface area contributed by atoms with E-state index in [1.165, 1.54) is 123 Å². The summed E-state index contributed by atoms with van der Waals surface area (Å²) in [6.07, 6.45) is 25.6. The lowest BCUT2D eigenvalue weighted by atomic mass is 10.0. The lowest BCUT2D eigenvalue weighted by Crippen LogP contribution is -2.39. The summed E-state index contributed by atoms with van der Waals surface area (Å²) in [5.74, 6) is -1.33. The summed E-state index contributed by atoms with van der Waals surface area (Å²) in [6, 6.07) is -0.790. The first-order valence-electron chi connectivity index (χ1n) is 15.6. The lowest BCUT2D eigenvalue weighted by molar-refractivity contribution is -0.154. The lowest BCUT2D eigenvalue weighted by Gasteiger charge is -2.15. The summed E-state index contributed by atoms with van der Waals surface area (Å²) in [4.78, 5) is 34.4. The predicted molar refractivity (Wildman–Crippen MR) is 154 cm³/mol. The Morgan fingerprint density at radius 2 is 1.00 bits per heavy atom. The van der Waals surface area contributed by atoms with Crippen LogP contribution in [0.2, 0.25) is 0 Å². The number of rotatable bonds is 27. The Hall–Kier alpha value is -1.63. The number of aliphatic hydroxyl groups is 1. The molecule has 1 amide bonds. The minimum absolute atomic E-state index is 0.209. The first kappa shape index (κ1) is 36.4. The van der Waals surface area contributed by atoms with E-state index >= 15 is 0 Å². The molecule has 0 fully saturated rings. The third-order valence-electron chi connectivity index (χ3n) is 6.86. The molecular weight excluding hydrogens is 482 g/mol. The molecule has 224 valence electrons. The zero-order chi connectivity index (χ0) is 28.3. The van der Waals surface area contributed by atoms with E-state index in [2.05, 4.69) is 12.2 Å². The van der Waals surface area contributed by atoms with E-state index in [1.54, 1.807) is 0 Å². The highest BCUT2D eigenvalue weighted by Gasteiger charge is 2.17. The summed E-state index contributed by atoms with van der Waals surface area (Å²) < 4.78 is 9.96. The molecule has 0 rings (SSSR count). The Bertz CT molecular complexity index is 583. The quantitative estimate of drug-likeness (QED) is 0.0844. The standard InChI is InChI=1S/C31H59NO6/c1-4-5-6-7-8-9-10-11-12-13-14-15-16-17-18-19-20-21-22-23-24-30(35)37-25-29(34)26-38-31(36)27(2)32-28(3)33/h27,29,34H,4-26H2,1-3H3,(H,32,33)/t27-,29?/m1/s1. The molecule has 0 aliphatic heterocycles. The van der Waals surface area contributed by atoms with E-state index in [1.807, 2.05) is 0 Å². The number of esters is 2. The van der Waals surface area contributed by atoms with Crippen molar-refractivity contribution in [1.82, 2.24) is 5.32 Å². The van der Waals surface area contributed by atoms with Crippen molar-refractivity contribution in [2.45, 2.75) is 168 Å². The number of amides is 1. The molecule has 2 atom stereocenters. The van der Waals surface area contributed by atoms with Crippen LogP contribution in [0.3, 0.4) is 0 Å². The fraction of sp³-hybridized carbons (Fsp3) is 0.903. The molecule has 38 heavy (non-hydrogen) atoms. The molecule has 0 aromatic rings. The van der Waals surface area contributed by atoms with Crippen LogP contribution >= 0.6 is 0 Å². The largest absolute Gasteiger partial charge is 0.463 e. The van der Waals surface area contributed by atoms with Gasteiger partial charge in [0.05, 0.1) is 0 Å². The van der Waals surface area contributed by atoms with Gasteiger partial charge in [0.1, 0.15) is 25.4 Å². The third-order valence-corrected chi connectivity index (χ3v) is 6.86. The topological polar surface area (TPSA) is 102 Å². The zero-order valence-corrected chi connectivity index (χ0v) is 24.9. The second-order valence-corrected chi connectivity index (χ2v) is 10.9. The molecule has 0 aliphatic rings. The van der Waals surface area contributed by atoms with Crippen molar-refractivity contribution in [2.75, 3.05) is 13.2 Å². The number of carbonyl (C=O) groups excluding carboxylic acids is 3. The maximum Gasteiger partial charge on any atom is 0.328 e. The van der Waals surface area contributed by atoms with Gasteiger partial charge in [0, 0.05) is 13.3 Å². The minimum atomic E-state index is -1.08. The van der Waals surface area contributed by atoms with Crippen LogP contribution in [0, 0.1) is 0 Å². The summed E-state index contributed by atoms with van der Waals surface area (Å²) >= 11 is 0. The molecule has 0 radical (unpaired) electrons. The minimum Gasteiger partial charge on any atom is -0.463 e. The van der Waals surface area contributed by atoms with E-state index in [-0.39, 0.29) is 25.1 Å². The van der Waals surface area contributed by atoms with Crippen molar-refractivity contribution in [3.63, 3.8) is 0 Å². The van der Waals surface area contributed by atoms with Crippen LogP contribution in [0.25, 0.3) is 0 Å². The van der Waals surface area contributed by atoms with Gasteiger partial charge in [-0.2, -0.15) is 0 Å². The Morgan fingerprint density at radius 1 is 0.632 bits per heavy atom. The van der Waals surface area contributed by atoms with Gasteiger partial charge >= 0.3 is 11.9 Å². The van der Waals surface area contributed by atoms with E-state index in [0.717, 1.165) is 19.3 Å². The van der Waals surface area contributed by atoms with Gasteiger partial charge in [0.15, 0.2) is 0 Å². The van der Waals surface area contributed by atoms with Gasteiger partial charge in [-0.25, -0.2) is 4.79 Å². The first-order valence-corrected chi connectivity index (χ1v) is 15.6. The summed E-state index contributed by atoms with van der Waals surface area (Å²) in [5.41, 5.74) is 0. The molecule has 0 aromatic heterocycles. The van der Waals surface area contributed by atoms with E-state index in [9.17, 15) is 19.5 Å². The van der Waals surface area contributed by atoms with Crippen molar-refractivity contribution >= 4 is 17.8 Å². The maximum absolute atomic E-state index is 11.8. The van der Waals surface area contributed by atoms with Gasteiger partial charge in [0.2, 0.25) is 5.91 Å². The smallest absolute Gasteiger partial charge is 0.328 e. The number of nitrogens with one attached hydrogen (secondary N) is 1. The highest BCUT2D eigenvalue weighted by atomic mass is 16.6. The van der Waals surface area contributed by atoms with Crippen LogP contribution < -0.4 is 5.32 Å². The van der Waals surface area contributed by atoms with Gasteiger partial charge in [0.25, 0.3) is 0 Å². The van der Waals surface area contributed by atoms with Crippen molar-refractivity contribution < 1.29 is 29.0 Å². The van der Waals surface area contributed by atoms with Crippen molar-refractivity contribution in [2.24, 2.45) is 0 Å². The fourth-order valence-corrected chi connectivity index (χ4v) is 4.50. The Morgan fingerprint density at radius 3 is 1.39 bits per heavy atom. The first-order chi connectivity index (χ1) is 18.4. The molecule has 7 heteroatoms. The number of hydrogen-bond acceptors (Lipinski definition) is 6. The highest BCUT2D eigenvalue weighted by Crippen LogP contribution is 2.15. The van der Waals surface area contributed by atoms with E-state index in [0.29, 0.717) is 6.42 Å². The fourth-order valence-electron chi connectivity index (χ4n) is 4.50. The average molecular weight is 542 g/mol. The third kappa shape index (κ3) is 26.0. The Balaban J connectivity index is 3.36. The number of carbonyl (C=O) groups is 3. The molecule has 0 saturated heterocycles. The molecule has 0 aliphatic carbocycles. The van der Waals surface area contributed by atoms with Gasteiger partial charge in [-0.15, -0.1) is 0 Å². The van der Waals surface area contributed by atoms with Gasteiger partial charge in [-0.05, 0) is 13.3 Å². The molecule has 0 bridgehead atoms. The summed E-state index contributed by atoms with van der Waals surface area (Å²) in [5, 5.41) is 12.2. The molecule has 1 unspecified atom stereocenters. The van der Waals surface area contributed by atoms with E-state index in [4.69, 9.17) is 9.47 Å². The molecule has 0 spiro atoms. The van der Waals surface area contributed by atoms with Crippen molar-refractivity contribution in [3.8, 4) is 0 Å². The van der Waals surface area contributed by atoms with Gasteiger partial charge in [-0.3, -0.25) is 9.59 Å². The van der Waals surface area contributed by atoms with Crippen LogP contribution in [0.1, 0.15) is 156 Å². The second-order valence-electron chi connectivity index (χ2n) is 10.9. The molecule has 0 aromatic carbocycles. The van der Waals surface area contributed by atoms with Crippen LogP contribution in [-0.4, -0.2) is 48.3 Å². The van der Waals surface area contributed by atoms with Crippen molar-refractivity contribution in [3.05, 3.63) is 0 Å². The van der Waals surface area contributed by atoms with Crippen LogP contribution in [0.4, 0.5) is 0 Å². The predicted octanol–water partition coefficient (Wildman–Crippen LogP) is 7.17. The average Bonchev–Trinajstić information content (AvgIpc) is 2.88. The summed E-state index contributed by atoms with van der Waals surface area (Å²) in [7, 11) is 0.